The van der Waals surface area contributed by atoms with Crippen LogP contribution in [0.15, 0.2) is 41.3 Å². The van der Waals surface area contributed by atoms with Crippen molar-refractivity contribution in [3.63, 3.8) is 0 Å². The molecule has 1 amide bonds. The molecule has 0 saturated carbocycles. The number of carbonyl (C=O) groups is 1. The lowest BCUT2D eigenvalue weighted by atomic mass is 10.2. The molecule has 0 aliphatic carbocycles. The maximum Gasteiger partial charge on any atom is 0.261 e. The van der Waals surface area contributed by atoms with E-state index >= 15 is 0 Å². The molecule has 1 aromatic heterocycles. The molecule has 6 nitrogen and oxygen atoms in total. The molecule has 0 unspecified atom stereocenters. The van der Waals surface area contributed by atoms with Crippen LogP contribution in [0.3, 0.4) is 0 Å². The van der Waals surface area contributed by atoms with Gasteiger partial charge in [0.1, 0.15) is 0 Å². The number of carbonyl (C=O) groups excluding carboxylic acids is 1. The zero-order valence-electron chi connectivity index (χ0n) is 18.1. The van der Waals surface area contributed by atoms with E-state index < -0.39 is 9.84 Å². The van der Waals surface area contributed by atoms with E-state index in [1.54, 1.807) is 23.1 Å². The second-order valence-corrected chi connectivity index (χ2v) is 10.7. The summed E-state index contributed by atoms with van der Waals surface area (Å²) in [6, 6.07) is 9.99. The normalized spacial score (nSPS) is 11.9. The quantitative estimate of drug-likeness (QED) is 0.470. The molecule has 0 saturated heterocycles. The number of aryl methyl sites for hydroxylation is 1. The monoisotopic (exact) mass is 479 g/mol. The van der Waals surface area contributed by atoms with E-state index in [0.717, 1.165) is 35.1 Å². The third-order valence-electron chi connectivity index (χ3n) is 5.17. The Morgan fingerprint density at radius 1 is 1.13 bits per heavy atom. The van der Waals surface area contributed by atoms with E-state index in [9.17, 15) is 13.2 Å². The minimum atomic E-state index is -3.56. The van der Waals surface area contributed by atoms with Crippen molar-refractivity contribution in [2.24, 2.45) is 0 Å². The average molecular weight is 480 g/mol. The summed E-state index contributed by atoms with van der Waals surface area (Å²) in [4.78, 5) is 22.1. The summed E-state index contributed by atoms with van der Waals surface area (Å²) in [5.74, 6) is -0.379. The van der Waals surface area contributed by atoms with Crippen LogP contribution < -0.4 is 4.90 Å². The molecule has 31 heavy (non-hydrogen) atoms. The molecule has 9 heteroatoms. The highest BCUT2D eigenvalue weighted by molar-refractivity contribution is 7.90. The van der Waals surface area contributed by atoms with Gasteiger partial charge in [-0.1, -0.05) is 48.9 Å². The number of thiazole rings is 1. The predicted octanol–water partition coefficient (Wildman–Crippen LogP) is 4.65. The molecule has 0 aliphatic heterocycles. The number of sulfone groups is 1. The number of nitrogens with zero attached hydrogens (tertiary/aromatic N) is 3. The van der Waals surface area contributed by atoms with Gasteiger partial charge in [0.15, 0.2) is 15.0 Å². The molecular weight excluding hydrogens is 454 g/mol. The summed E-state index contributed by atoms with van der Waals surface area (Å²) in [5, 5.41) is 1.14. The Hall–Kier alpha value is -2.00. The number of amides is 1. The zero-order valence-corrected chi connectivity index (χ0v) is 20.4. The van der Waals surface area contributed by atoms with Crippen molar-refractivity contribution in [2.45, 2.75) is 25.7 Å². The SMILES string of the molecule is CCN(CC)CCN(C(=O)c1ccccc1S(C)(=O)=O)c1nc2c(C)cc(Cl)cc2s1. The predicted molar refractivity (Wildman–Crippen MR) is 128 cm³/mol. The minimum Gasteiger partial charge on any atom is -0.302 e. The number of likely N-dealkylation sites (N-methyl/N-ethyl adjacent to an activating group) is 1. The third-order valence-corrected chi connectivity index (χ3v) is 7.56. The summed E-state index contributed by atoms with van der Waals surface area (Å²) in [7, 11) is -3.56. The van der Waals surface area contributed by atoms with Crippen LogP contribution in [0.5, 0.6) is 0 Å². The molecule has 0 bridgehead atoms. The van der Waals surface area contributed by atoms with Crippen LogP contribution in [0, 0.1) is 6.92 Å². The van der Waals surface area contributed by atoms with Crippen molar-refractivity contribution < 1.29 is 13.2 Å². The lowest BCUT2D eigenvalue weighted by Gasteiger charge is -2.25. The minimum absolute atomic E-state index is 0.0215. The van der Waals surface area contributed by atoms with Crippen LogP contribution in [0.25, 0.3) is 10.2 Å². The zero-order chi connectivity index (χ0) is 22.8. The number of rotatable bonds is 8. The van der Waals surface area contributed by atoms with Crippen molar-refractivity contribution >= 4 is 54.0 Å². The Balaban J connectivity index is 2.10. The van der Waals surface area contributed by atoms with Gasteiger partial charge in [0.05, 0.1) is 20.7 Å². The topological polar surface area (TPSA) is 70.6 Å². The summed E-state index contributed by atoms with van der Waals surface area (Å²) in [5.41, 5.74) is 1.87. The van der Waals surface area contributed by atoms with Crippen LogP contribution in [-0.4, -0.2) is 56.6 Å². The molecule has 1 heterocycles. The van der Waals surface area contributed by atoms with E-state index in [0.29, 0.717) is 23.2 Å². The molecule has 3 rings (SSSR count). The van der Waals surface area contributed by atoms with Gasteiger partial charge in [0.2, 0.25) is 0 Å². The Morgan fingerprint density at radius 3 is 2.45 bits per heavy atom. The van der Waals surface area contributed by atoms with Gasteiger partial charge >= 0.3 is 0 Å². The lowest BCUT2D eigenvalue weighted by Crippen LogP contribution is -2.39. The molecule has 0 radical (unpaired) electrons. The molecule has 0 atom stereocenters. The number of hydrogen-bond donors (Lipinski definition) is 0. The smallest absolute Gasteiger partial charge is 0.261 e. The first-order chi connectivity index (χ1) is 14.7. The van der Waals surface area contributed by atoms with Crippen molar-refractivity contribution in [1.29, 1.82) is 0 Å². The van der Waals surface area contributed by atoms with Crippen LogP contribution >= 0.6 is 22.9 Å². The molecular formula is C22H26ClN3O3S2. The number of aromatic nitrogens is 1. The Kier molecular flexibility index (Phi) is 7.36. The summed E-state index contributed by atoms with van der Waals surface area (Å²) >= 11 is 7.59. The molecule has 166 valence electrons. The summed E-state index contributed by atoms with van der Waals surface area (Å²) in [6.07, 6.45) is 1.11. The van der Waals surface area contributed by atoms with Gasteiger partial charge in [-0.25, -0.2) is 13.4 Å². The van der Waals surface area contributed by atoms with Crippen LogP contribution in [0.4, 0.5) is 5.13 Å². The fourth-order valence-corrected chi connectivity index (χ4v) is 5.76. The van der Waals surface area contributed by atoms with Crippen molar-refractivity contribution in [2.75, 3.05) is 37.3 Å². The standard InChI is InChI=1S/C22H26ClN3O3S2/c1-5-25(6-2)11-12-26(21(27)17-9-7-8-10-19(17)31(4,28)29)22-24-20-15(3)13-16(23)14-18(20)30-22/h7-10,13-14H,5-6,11-12H2,1-4H3. The van der Waals surface area contributed by atoms with Gasteiger partial charge in [0.25, 0.3) is 5.91 Å². The van der Waals surface area contributed by atoms with Crippen LogP contribution in [0.2, 0.25) is 5.02 Å². The van der Waals surface area contributed by atoms with Crippen molar-refractivity contribution in [3.8, 4) is 0 Å². The van der Waals surface area contributed by atoms with Gasteiger partial charge in [-0.3, -0.25) is 9.69 Å². The van der Waals surface area contributed by atoms with Gasteiger partial charge < -0.3 is 4.90 Å². The van der Waals surface area contributed by atoms with E-state index in [4.69, 9.17) is 16.6 Å². The highest BCUT2D eigenvalue weighted by Crippen LogP contribution is 2.34. The molecule has 0 aliphatic rings. The number of fused-ring (bicyclic) bond motifs is 1. The first-order valence-electron chi connectivity index (χ1n) is 10.1. The molecule has 0 fully saturated rings. The number of halogens is 1. The first kappa shape index (κ1) is 23.7. The number of hydrogen-bond acceptors (Lipinski definition) is 6. The molecule has 0 N–H and O–H groups in total. The van der Waals surface area contributed by atoms with E-state index in [1.807, 2.05) is 19.1 Å². The fraction of sp³-hybridized carbons (Fsp3) is 0.364. The van der Waals surface area contributed by atoms with Crippen molar-refractivity contribution in [1.82, 2.24) is 9.88 Å². The second-order valence-electron chi connectivity index (χ2n) is 7.32. The second kappa shape index (κ2) is 9.65. The van der Waals surface area contributed by atoms with Gasteiger partial charge in [0, 0.05) is 24.4 Å². The Morgan fingerprint density at radius 2 is 1.81 bits per heavy atom. The lowest BCUT2D eigenvalue weighted by molar-refractivity contribution is 0.0980. The van der Waals surface area contributed by atoms with Gasteiger partial charge in [-0.2, -0.15) is 0 Å². The fourth-order valence-electron chi connectivity index (χ4n) is 3.44. The van der Waals surface area contributed by atoms with Crippen LogP contribution in [0.1, 0.15) is 29.8 Å². The van der Waals surface area contributed by atoms with E-state index in [2.05, 4.69) is 18.7 Å². The van der Waals surface area contributed by atoms with Crippen LogP contribution in [-0.2, 0) is 9.84 Å². The first-order valence-corrected chi connectivity index (χ1v) is 13.1. The van der Waals surface area contributed by atoms with E-state index in [-0.39, 0.29) is 16.4 Å². The summed E-state index contributed by atoms with van der Waals surface area (Å²) < 4.78 is 25.5. The highest BCUT2D eigenvalue weighted by atomic mass is 35.5. The summed E-state index contributed by atoms with van der Waals surface area (Å²) in [6.45, 7) is 8.81. The highest BCUT2D eigenvalue weighted by Gasteiger charge is 2.26. The van der Waals surface area contributed by atoms with E-state index in [1.165, 1.54) is 17.4 Å². The largest absolute Gasteiger partial charge is 0.302 e. The number of anilines is 1. The molecule has 0 spiro atoms. The third kappa shape index (κ3) is 5.26. The average Bonchev–Trinajstić information content (AvgIpc) is 3.14. The van der Waals surface area contributed by atoms with Crippen molar-refractivity contribution in [3.05, 3.63) is 52.5 Å². The maximum absolute atomic E-state index is 13.6. The van der Waals surface area contributed by atoms with Gasteiger partial charge in [-0.05, 0) is 49.8 Å². The Bertz CT molecular complexity index is 1200. The molecule has 2 aromatic carbocycles. The number of benzene rings is 2. The molecule has 3 aromatic rings. The maximum atomic E-state index is 13.6. The Labute approximate surface area is 192 Å². The van der Waals surface area contributed by atoms with Gasteiger partial charge in [-0.15, -0.1) is 0 Å².